The first kappa shape index (κ1) is 10.6. The van der Waals surface area contributed by atoms with Crippen molar-refractivity contribution in [3.63, 3.8) is 0 Å². The van der Waals surface area contributed by atoms with Gasteiger partial charge in [-0.25, -0.2) is 0 Å². The predicted octanol–water partition coefficient (Wildman–Crippen LogP) is 1.51. The lowest BCUT2D eigenvalue weighted by atomic mass is 9.85. The molecule has 3 aliphatic rings. The Morgan fingerprint density at radius 2 is 1.81 bits per heavy atom. The first-order chi connectivity index (χ1) is 7.74. The Hall–Kier alpha value is -0.570. The van der Waals surface area contributed by atoms with Gasteiger partial charge in [-0.2, -0.15) is 0 Å². The highest BCUT2D eigenvalue weighted by atomic mass is 16.2. The molecule has 16 heavy (non-hydrogen) atoms. The van der Waals surface area contributed by atoms with Gasteiger partial charge in [0.05, 0.1) is 0 Å². The average Bonchev–Trinajstić information content (AvgIpc) is 2.91. The molecule has 0 spiro atoms. The summed E-state index contributed by atoms with van der Waals surface area (Å²) < 4.78 is 0. The highest BCUT2D eigenvalue weighted by Crippen LogP contribution is 2.39. The summed E-state index contributed by atoms with van der Waals surface area (Å²) in [6, 6.07) is 0.937. The van der Waals surface area contributed by atoms with Crippen molar-refractivity contribution in [2.45, 2.75) is 57.0 Å². The van der Waals surface area contributed by atoms with Gasteiger partial charge in [0.1, 0.15) is 0 Å². The van der Waals surface area contributed by atoms with Crippen LogP contribution in [0.3, 0.4) is 0 Å². The van der Waals surface area contributed by atoms with Crippen LogP contribution in [0.25, 0.3) is 0 Å². The summed E-state index contributed by atoms with van der Waals surface area (Å²) in [6.45, 7) is 1.05. The molecule has 1 amide bonds. The van der Waals surface area contributed by atoms with Gasteiger partial charge in [0.2, 0.25) is 5.91 Å². The molecule has 1 heterocycles. The Balaban J connectivity index is 1.61. The van der Waals surface area contributed by atoms with Gasteiger partial charge in [-0.05, 0) is 50.9 Å². The number of nitrogens with two attached hydrogens (primary N) is 1. The summed E-state index contributed by atoms with van der Waals surface area (Å²) >= 11 is 0. The van der Waals surface area contributed by atoms with E-state index in [1.54, 1.807) is 0 Å². The van der Waals surface area contributed by atoms with Gasteiger partial charge < -0.3 is 10.6 Å². The fourth-order valence-electron chi connectivity index (χ4n) is 3.80. The molecule has 0 aromatic rings. The fourth-order valence-corrected chi connectivity index (χ4v) is 3.80. The summed E-state index contributed by atoms with van der Waals surface area (Å²) in [4.78, 5) is 14.6. The minimum absolute atomic E-state index is 0.291. The van der Waals surface area contributed by atoms with Crippen molar-refractivity contribution in [2.24, 2.45) is 17.6 Å². The first-order valence-corrected chi connectivity index (χ1v) is 6.80. The number of rotatable bonds is 1. The highest BCUT2D eigenvalue weighted by Gasteiger charge is 2.42. The average molecular weight is 222 g/mol. The fraction of sp³-hybridized carbons (Fsp3) is 0.923. The minimum atomic E-state index is 0.291. The van der Waals surface area contributed by atoms with E-state index in [-0.39, 0.29) is 0 Å². The van der Waals surface area contributed by atoms with Crippen molar-refractivity contribution in [1.82, 2.24) is 4.90 Å². The Morgan fingerprint density at radius 3 is 2.38 bits per heavy atom. The summed E-state index contributed by atoms with van der Waals surface area (Å²) in [6.07, 6.45) is 8.00. The van der Waals surface area contributed by atoms with Crippen molar-refractivity contribution in [2.75, 3.05) is 6.54 Å². The van der Waals surface area contributed by atoms with Gasteiger partial charge in [-0.15, -0.1) is 0 Å². The molecule has 0 aromatic carbocycles. The molecule has 2 aliphatic carbocycles. The van der Waals surface area contributed by atoms with E-state index >= 15 is 0 Å². The van der Waals surface area contributed by atoms with Crippen LogP contribution in [0.2, 0.25) is 0 Å². The van der Waals surface area contributed by atoms with Crippen LogP contribution < -0.4 is 5.73 Å². The largest absolute Gasteiger partial charge is 0.339 e. The second-order valence-corrected chi connectivity index (χ2v) is 5.94. The number of hydrogen-bond acceptors (Lipinski definition) is 2. The molecular weight excluding hydrogens is 200 g/mol. The molecular formula is C13H22N2O. The summed E-state index contributed by atoms with van der Waals surface area (Å²) in [5.41, 5.74) is 5.89. The Kier molecular flexibility index (Phi) is 2.66. The maximum absolute atomic E-state index is 12.4. The van der Waals surface area contributed by atoms with Gasteiger partial charge in [0.25, 0.3) is 0 Å². The van der Waals surface area contributed by atoms with Crippen LogP contribution in [0.5, 0.6) is 0 Å². The van der Waals surface area contributed by atoms with Crippen molar-refractivity contribution < 1.29 is 4.79 Å². The Labute approximate surface area is 97.4 Å². The Bertz CT molecular complexity index is 284. The number of likely N-dealkylation sites (tertiary alicyclic amines) is 1. The quantitative estimate of drug-likeness (QED) is 0.731. The predicted molar refractivity (Wildman–Crippen MR) is 62.8 cm³/mol. The van der Waals surface area contributed by atoms with E-state index in [0.717, 1.165) is 38.1 Å². The Morgan fingerprint density at radius 1 is 1.06 bits per heavy atom. The molecule has 90 valence electrons. The van der Waals surface area contributed by atoms with Gasteiger partial charge in [0, 0.05) is 24.5 Å². The van der Waals surface area contributed by atoms with Gasteiger partial charge in [0.15, 0.2) is 0 Å². The van der Waals surface area contributed by atoms with Crippen molar-refractivity contribution in [3.05, 3.63) is 0 Å². The third-order valence-corrected chi connectivity index (χ3v) is 4.81. The molecule has 2 bridgehead atoms. The van der Waals surface area contributed by atoms with Crippen LogP contribution in [-0.2, 0) is 4.79 Å². The molecule has 2 unspecified atom stereocenters. The van der Waals surface area contributed by atoms with E-state index in [9.17, 15) is 4.79 Å². The normalized spacial score (nSPS) is 42.7. The van der Waals surface area contributed by atoms with E-state index in [1.807, 2.05) is 0 Å². The number of fused-ring (bicyclic) bond motifs is 2. The summed E-state index contributed by atoms with van der Waals surface area (Å²) in [5.74, 6) is 1.55. The maximum Gasteiger partial charge on any atom is 0.225 e. The number of nitrogens with zero attached hydrogens (tertiary/aromatic N) is 1. The first-order valence-electron chi connectivity index (χ1n) is 6.80. The number of hydrogen-bond donors (Lipinski definition) is 1. The highest BCUT2D eigenvalue weighted by molar-refractivity contribution is 5.79. The van der Waals surface area contributed by atoms with Crippen molar-refractivity contribution in [1.29, 1.82) is 0 Å². The van der Waals surface area contributed by atoms with Crippen LogP contribution in [-0.4, -0.2) is 29.4 Å². The standard InChI is InChI=1S/C13H22N2O/c14-11-4-2-10(3-5-11)13(16)15-8-9-1-6-12(15)7-9/h9-12H,1-8,14H2. The lowest BCUT2D eigenvalue weighted by Crippen LogP contribution is -2.43. The molecule has 2 N–H and O–H groups in total. The smallest absolute Gasteiger partial charge is 0.225 e. The van der Waals surface area contributed by atoms with Gasteiger partial charge in [-0.1, -0.05) is 0 Å². The lowest BCUT2D eigenvalue weighted by Gasteiger charge is -2.33. The van der Waals surface area contributed by atoms with E-state index < -0.39 is 0 Å². The molecule has 3 rings (SSSR count). The molecule has 1 aliphatic heterocycles. The van der Waals surface area contributed by atoms with Crippen molar-refractivity contribution in [3.8, 4) is 0 Å². The number of carbonyl (C=O) groups excluding carboxylic acids is 1. The number of carbonyl (C=O) groups is 1. The van der Waals surface area contributed by atoms with Crippen LogP contribution in [0, 0.1) is 11.8 Å². The van der Waals surface area contributed by atoms with E-state index in [1.165, 1.54) is 19.3 Å². The lowest BCUT2D eigenvalue weighted by molar-refractivity contribution is -0.138. The zero-order valence-electron chi connectivity index (χ0n) is 9.90. The molecule has 0 radical (unpaired) electrons. The van der Waals surface area contributed by atoms with E-state index in [0.29, 0.717) is 23.9 Å². The second-order valence-electron chi connectivity index (χ2n) is 5.94. The minimum Gasteiger partial charge on any atom is -0.339 e. The summed E-state index contributed by atoms with van der Waals surface area (Å²) in [5, 5.41) is 0. The molecule has 2 saturated carbocycles. The SMILES string of the molecule is NC1CCC(C(=O)N2CC3CCC2C3)CC1. The molecule has 1 saturated heterocycles. The second kappa shape index (κ2) is 4.02. The summed E-state index contributed by atoms with van der Waals surface area (Å²) in [7, 11) is 0. The zero-order chi connectivity index (χ0) is 11.1. The van der Waals surface area contributed by atoms with Crippen molar-refractivity contribution >= 4 is 5.91 Å². The molecule has 0 aromatic heterocycles. The third kappa shape index (κ3) is 1.75. The third-order valence-electron chi connectivity index (χ3n) is 4.81. The molecule has 3 fully saturated rings. The molecule has 3 nitrogen and oxygen atoms in total. The van der Waals surface area contributed by atoms with Crippen LogP contribution in [0.4, 0.5) is 0 Å². The maximum atomic E-state index is 12.4. The molecule has 2 atom stereocenters. The number of piperidine rings is 1. The van der Waals surface area contributed by atoms with E-state index in [4.69, 9.17) is 5.73 Å². The van der Waals surface area contributed by atoms with Crippen LogP contribution in [0.1, 0.15) is 44.9 Å². The van der Waals surface area contributed by atoms with Crippen LogP contribution in [0.15, 0.2) is 0 Å². The topological polar surface area (TPSA) is 46.3 Å². The van der Waals surface area contributed by atoms with Gasteiger partial charge in [-0.3, -0.25) is 4.79 Å². The number of amides is 1. The monoisotopic (exact) mass is 222 g/mol. The van der Waals surface area contributed by atoms with Crippen LogP contribution >= 0.6 is 0 Å². The van der Waals surface area contributed by atoms with Gasteiger partial charge >= 0.3 is 0 Å². The zero-order valence-corrected chi connectivity index (χ0v) is 9.90. The molecule has 3 heteroatoms. The van der Waals surface area contributed by atoms with E-state index in [2.05, 4.69) is 4.90 Å².